The van der Waals surface area contributed by atoms with Crippen molar-refractivity contribution in [3.8, 4) is 0 Å². The fraction of sp³-hybridized carbons (Fsp3) is 1.00. The zero-order valence-corrected chi connectivity index (χ0v) is 29.6. The molecule has 3 aliphatic carbocycles. The fourth-order valence-corrected chi connectivity index (χ4v) is 6.82. The Morgan fingerprint density at radius 1 is 0.643 bits per heavy atom. The smallest absolute Gasteiger partial charge is 0.00696 e. The standard InChI is InChI=1S/C12H23N.C7H15N.2C6H13N.C6H15N/c1-3-7-11(8-4-1)13-12-9-5-2-6-10-12;1-8-7-5-3-2-4-6-7;1-6-3-2-4-7-5-6;1-7-5-3-2-4-6-7;1-3-5-6-7-4-2/h11-13H,1-10H2;7-8H,2-6H2,1H3;6-7H,2-5H2,1H3;2-6H2,1H3;7H,3-6H2,1-2H3. The van der Waals surface area contributed by atoms with E-state index in [4.69, 9.17) is 0 Å². The molecule has 5 fully saturated rings. The van der Waals surface area contributed by atoms with Gasteiger partial charge in [0.2, 0.25) is 0 Å². The van der Waals surface area contributed by atoms with Gasteiger partial charge in [0, 0.05) is 18.1 Å². The fourth-order valence-electron chi connectivity index (χ4n) is 6.82. The normalized spacial score (nSPS) is 24.4. The first-order chi connectivity index (χ1) is 20.6. The summed E-state index contributed by atoms with van der Waals surface area (Å²) in [4.78, 5) is 2.39. The topological polar surface area (TPSA) is 51.4 Å². The second kappa shape index (κ2) is 29.5. The number of unbranched alkanes of at least 4 members (excludes halogenated alkanes) is 1. The van der Waals surface area contributed by atoms with Gasteiger partial charge >= 0.3 is 0 Å². The molecule has 5 rings (SSSR count). The highest BCUT2D eigenvalue weighted by atomic mass is 15.1. The third-order valence-electron chi connectivity index (χ3n) is 9.78. The second-order valence-electron chi connectivity index (χ2n) is 14.0. The van der Waals surface area contributed by atoms with Crippen molar-refractivity contribution in [2.24, 2.45) is 5.92 Å². The summed E-state index contributed by atoms with van der Waals surface area (Å²) in [6.45, 7) is 14.1. The third kappa shape index (κ3) is 24.2. The average molecular weight is 594 g/mol. The molecule has 0 amide bonds. The van der Waals surface area contributed by atoms with Crippen LogP contribution in [0.3, 0.4) is 0 Å². The molecule has 2 aliphatic heterocycles. The molecule has 0 aromatic heterocycles. The van der Waals surface area contributed by atoms with Crippen LogP contribution in [0, 0.1) is 5.92 Å². The maximum Gasteiger partial charge on any atom is 0.00696 e. The van der Waals surface area contributed by atoms with Crippen LogP contribution in [0.2, 0.25) is 0 Å². The van der Waals surface area contributed by atoms with E-state index >= 15 is 0 Å². The summed E-state index contributed by atoms with van der Waals surface area (Å²) in [5.41, 5.74) is 0. The van der Waals surface area contributed by atoms with Crippen LogP contribution in [0.25, 0.3) is 0 Å². The highest BCUT2D eigenvalue weighted by Crippen LogP contribution is 2.22. The summed E-state index contributed by atoms with van der Waals surface area (Å²) >= 11 is 0. The molecular weight excluding hydrogens is 514 g/mol. The van der Waals surface area contributed by atoms with E-state index in [1.165, 1.54) is 174 Å². The van der Waals surface area contributed by atoms with E-state index < -0.39 is 0 Å². The van der Waals surface area contributed by atoms with Gasteiger partial charge in [-0.2, -0.15) is 0 Å². The van der Waals surface area contributed by atoms with Crippen LogP contribution in [0.1, 0.15) is 162 Å². The monoisotopic (exact) mass is 594 g/mol. The van der Waals surface area contributed by atoms with Crippen molar-refractivity contribution in [1.29, 1.82) is 0 Å². The van der Waals surface area contributed by atoms with E-state index in [0.717, 1.165) is 30.6 Å². The second-order valence-corrected chi connectivity index (χ2v) is 14.0. The van der Waals surface area contributed by atoms with Gasteiger partial charge in [-0.05, 0) is 130 Å². The van der Waals surface area contributed by atoms with E-state index in [-0.39, 0.29) is 0 Å². The van der Waals surface area contributed by atoms with Crippen LogP contribution in [0.5, 0.6) is 0 Å². The Labute approximate surface area is 265 Å². The van der Waals surface area contributed by atoms with Crippen LogP contribution < -0.4 is 21.3 Å². The van der Waals surface area contributed by atoms with Gasteiger partial charge in [0.05, 0.1) is 0 Å². The Morgan fingerprint density at radius 3 is 1.45 bits per heavy atom. The SMILES string of the molecule is C1CCC(NC2CCCCC2)CC1.CC1CCCNC1.CCCCNCC.CN1CCCCC1.CNC1CCCCC1. The lowest BCUT2D eigenvalue weighted by Gasteiger charge is -2.30. The lowest BCUT2D eigenvalue weighted by Crippen LogP contribution is -2.40. The molecule has 0 radical (unpaired) electrons. The van der Waals surface area contributed by atoms with Crippen molar-refractivity contribution < 1.29 is 0 Å². The Morgan fingerprint density at radius 2 is 1.14 bits per heavy atom. The van der Waals surface area contributed by atoms with Gasteiger partial charge < -0.3 is 26.2 Å². The quantitative estimate of drug-likeness (QED) is 0.224. The summed E-state index contributed by atoms with van der Waals surface area (Å²) in [6, 6.07) is 2.58. The average Bonchev–Trinajstić information content (AvgIpc) is 3.05. The first kappa shape index (κ1) is 39.8. The van der Waals surface area contributed by atoms with Crippen molar-refractivity contribution >= 4 is 0 Å². The van der Waals surface area contributed by atoms with Crippen LogP contribution >= 0.6 is 0 Å². The van der Waals surface area contributed by atoms with Crippen molar-refractivity contribution in [2.45, 2.75) is 180 Å². The number of piperidine rings is 2. The van der Waals surface area contributed by atoms with Gasteiger partial charge in [-0.1, -0.05) is 91.4 Å². The van der Waals surface area contributed by atoms with Crippen LogP contribution in [-0.4, -0.2) is 76.4 Å². The van der Waals surface area contributed by atoms with Crippen molar-refractivity contribution in [3.05, 3.63) is 0 Å². The molecule has 1 unspecified atom stereocenters. The molecule has 42 heavy (non-hydrogen) atoms. The first-order valence-corrected chi connectivity index (χ1v) is 19.1. The van der Waals surface area contributed by atoms with Gasteiger partial charge in [0.15, 0.2) is 0 Å². The number of nitrogens with one attached hydrogen (secondary N) is 4. The molecule has 0 bridgehead atoms. The number of nitrogens with zero attached hydrogens (tertiary/aromatic N) is 1. The summed E-state index contributed by atoms with van der Waals surface area (Å²) in [5.74, 6) is 0.925. The van der Waals surface area contributed by atoms with E-state index in [1.54, 1.807) is 0 Å². The molecule has 5 nitrogen and oxygen atoms in total. The lowest BCUT2D eigenvalue weighted by molar-refractivity contribution is 0.277. The minimum atomic E-state index is 0.837. The van der Waals surface area contributed by atoms with Crippen LogP contribution in [0.15, 0.2) is 0 Å². The summed E-state index contributed by atoms with van der Waals surface area (Å²) < 4.78 is 0. The van der Waals surface area contributed by atoms with E-state index in [2.05, 4.69) is 61.0 Å². The van der Waals surface area contributed by atoms with Crippen molar-refractivity contribution in [3.63, 3.8) is 0 Å². The third-order valence-corrected chi connectivity index (χ3v) is 9.78. The minimum Gasteiger partial charge on any atom is -0.317 e. The van der Waals surface area contributed by atoms with Crippen molar-refractivity contribution in [2.75, 3.05) is 53.4 Å². The highest BCUT2D eigenvalue weighted by molar-refractivity contribution is 4.79. The molecular formula is C37H79N5. The van der Waals surface area contributed by atoms with Crippen LogP contribution in [0.4, 0.5) is 0 Å². The maximum atomic E-state index is 3.86. The molecule has 2 saturated heterocycles. The maximum absolute atomic E-state index is 3.86. The Balaban J connectivity index is 0.000000271. The molecule has 2 heterocycles. The van der Waals surface area contributed by atoms with E-state index in [0.29, 0.717) is 0 Å². The Hall–Kier alpha value is -0.200. The summed E-state index contributed by atoms with van der Waals surface area (Å²) in [7, 11) is 4.26. The zero-order chi connectivity index (χ0) is 30.5. The molecule has 252 valence electrons. The summed E-state index contributed by atoms with van der Waals surface area (Å²) in [5, 5.41) is 13.7. The molecule has 5 aliphatic rings. The largest absolute Gasteiger partial charge is 0.317 e. The molecule has 4 N–H and O–H groups in total. The van der Waals surface area contributed by atoms with Crippen molar-refractivity contribution in [1.82, 2.24) is 26.2 Å². The summed E-state index contributed by atoms with van der Waals surface area (Å²) in [6.07, 6.45) is 31.4. The molecule has 1 atom stereocenters. The van der Waals surface area contributed by atoms with Gasteiger partial charge in [-0.25, -0.2) is 0 Å². The van der Waals surface area contributed by atoms with Gasteiger partial charge in [0.25, 0.3) is 0 Å². The molecule has 0 aromatic carbocycles. The van der Waals surface area contributed by atoms with Gasteiger partial charge in [-0.3, -0.25) is 0 Å². The van der Waals surface area contributed by atoms with E-state index in [1.807, 2.05) is 0 Å². The first-order valence-electron chi connectivity index (χ1n) is 19.1. The Kier molecular flexibility index (Phi) is 28.0. The molecule has 3 saturated carbocycles. The minimum absolute atomic E-state index is 0.837. The van der Waals surface area contributed by atoms with E-state index in [9.17, 15) is 0 Å². The Bertz CT molecular complexity index is 478. The number of likely N-dealkylation sites (tertiary alicyclic amines) is 1. The number of rotatable bonds is 7. The predicted octanol–water partition coefficient (Wildman–Crippen LogP) is 8.28. The lowest BCUT2D eigenvalue weighted by atomic mass is 9.91. The number of hydrogen-bond donors (Lipinski definition) is 4. The number of hydrogen-bond acceptors (Lipinski definition) is 5. The molecule has 0 aromatic rings. The molecule has 0 spiro atoms. The zero-order valence-electron chi connectivity index (χ0n) is 29.6. The van der Waals surface area contributed by atoms with Crippen LogP contribution in [-0.2, 0) is 0 Å². The molecule has 5 heteroatoms. The highest BCUT2D eigenvalue weighted by Gasteiger charge is 2.19. The van der Waals surface area contributed by atoms with Gasteiger partial charge in [-0.15, -0.1) is 0 Å². The predicted molar refractivity (Wildman–Crippen MR) is 189 cm³/mol. The van der Waals surface area contributed by atoms with Gasteiger partial charge in [0.1, 0.15) is 0 Å².